The summed E-state index contributed by atoms with van der Waals surface area (Å²) < 4.78 is 9.62. The van der Waals surface area contributed by atoms with Crippen molar-refractivity contribution in [1.29, 1.82) is 0 Å². The first kappa shape index (κ1) is 16.4. The minimum Gasteiger partial charge on any atom is -0.504 e. The maximum absolute atomic E-state index is 11.4. The Labute approximate surface area is 121 Å². The molecule has 0 saturated carbocycles. The van der Waals surface area contributed by atoms with Crippen molar-refractivity contribution in [3.05, 3.63) is 36.4 Å². The van der Waals surface area contributed by atoms with Gasteiger partial charge in [-0.05, 0) is 17.7 Å². The summed E-state index contributed by atoms with van der Waals surface area (Å²) >= 11 is 0. The number of rotatable bonds is 7. The van der Waals surface area contributed by atoms with Crippen molar-refractivity contribution >= 4 is 12.1 Å². The number of phenols is 1. The zero-order valence-electron chi connectivity index (χ0n) is 11.5. The molecule has 1 atom stereocenters. The monoisotopic (exact) mass is 295 g/mol. The van der Waals surface area contributed by atoms with Crippen molar-refractivity contribution in [2.24, 2.45) is 0 Å². The van der Waals surface area contributed by atoms with Gasteiger partial charge < -0.3 is 25.0 Å². The standard InChI is InChI=1S/C14H17NO6/c1-3-6-21-14(19)15-10(13(17)18)7-9-4-5-11(16)12(8-9)20-2/h3-5,8,10,16H,1,6-7H2,2H3,(H,15,19)(H,17,18). The van der Waals surface area contributed by atoms with E-state index in [4.69, 9.17) is 9.84 Å². The van der Waals surface area contributed by atoms with Crippen LogP contribution in [0.5, 0.6) is 11.5 Å². The molecular weight excluding hydrogens is 278 g/mol. The number of hydrogen-bond acceptors (Lipinski definition) is 5. The van der Waals surface area contributed by atoms with Gasteiger partial charge in [0.25, 0.3) is 0 Å². The van der Waals surface area contributed by atoms with Crippen molar-refractivity contribution in [2.75, 3.05) is 13.7 Å². The van der Waals surface area contributed by atoms with Crippen molar-refractivity contribution in [2.45, 2.75) is 12.5 Å². The third-order valence-electron chi connectivity index (χ3n) is 2.61. The molecule has 1 aromatic rings. The second-order valence-corrected chi connectivity index (χ2v) is 4.13. The zero-order valence-corrected chi connectivity index (χ0v) is 11.5. The van der Waals surface area contributed by atoms with Crippen molar-refractivity contribution in [3.63, 3.8) is 0 Å². The molecule has 0 saturated heterocycles. The Morgan fingerprint density at radius 3 is 2.76 bits per heavy atom. The normalized spacial score (nSPS) is 11.3. The number of carboxylic acid groups (broad SMARTS) is 1. The number of nitrogens with one attached hydrogen (secondary N) is 1. The Bertz CT molecular complexity index is 528. The summed E-state index contributed by atoms with van der Waals surface area (Å²) in [4.78, 5) is 22.5. The molecule has 1 rings (SSSR count). The van der Waals surface area contributed by atoms with E-state index in [1.165, 1.54) is 25.3 Å². The van der Waals surface area contributed by atoms with Gasteiger partial charge in [-0.3, -0.25) is 0 Å². The number of benzene rings is 1. The van der Waals surface area contributed by atoms with E-state index in [0.717, 1.165) is 0 Å². The van der Waals surface area contributed by atoms with Crippen molar-refractivity contribution in [3.8, 4) is 11.5 Å². The highest BCUT2D eigenvalue weighted by Gasteiger charge is 2.21. The summed E-state index contributed by atoms with van der Waals surface area (Å²) in [5.74, 6) is -1.02. The molecule has 3 N–H and O–H groups in total. The van der Waals surface area contributed by atoms with Gasteiger partial charge in [-0.2, -0.15) is 0 Å². The second-order valence-electron chi connectivity index (χ2n) is 4.13. The molecule has 0 fully saturated rings. The highest BCUT2D eigenvalue weighted by atomic mass is 16.5. The Kier molecular flexibility index (Phi) is 6.06. The highest BCUT2D eigenvalue weighted by Crippen LogP contribution is 2.26. The van der Waals surface area contributed by atoms with Crippen LogP contribution < -0.4 is 10.1 Å². The largest absolute Gasteiger partial charge is 0.504 e. The number of phenolic OH excluding ortho intramolecular Hbond substituents is 1. The molecule has 0 heterocycles. The van der Waals surface area contributed by atoms with Crippen LogP contribution in [0.1, 0.15) is 5.56 Å². The Morgan fingerprint density at radius 1 is 1.48 bits per heavy atom. The number of carbonyl (C=O) groups is 2. The topological polar surface area (TPSA) is 105 Å². The first-order valence-electron chi connectivity index (χ1n) is 6.10. The van der Waals surface area contributed by atoms with Gasteiger partial charge in [0.2, 0.25) is 0 Å². The lowest BCUT2D eigenvalue weighted by molar-refractivity contribution is -0.139. The number of carbonyl (C=O) groups excluding carboxylic acids is 1. The van der Waals surface area contributed by atoms with E-state index in [-0.39, 0.29) is 24.5 Å². The van der Waals surface area contributed by atoms with E-state index >= 15 is 0 Å². The number of ether oxygens (including phenoxy) is 2. The minimum atomic E-state index is -1.20. The smallest absolute Gasteiger partial charge is 0.408 e. The maximum atomic E-state index is 11.4. The lowest BCUT2D eigenvalue weighted by Crippen LogP contribution is -2.42. The summed E-state index contributed by atoms with van der Waals surface area (Å²) in [5, 5.41) is 20.8. The van der Waals surface area contributed by atoms with Crippen LogP contribution >= 0.6 is 0 Å². The number of hydrogen-bond donors (Lipinski definition) is 3. The first-order valence-corrected chi connectivity index (χ1v) is 6.10. The van der Waals surface area contributed by atoms with Crippen LogP contribution in [0.4, 0.5) is 4.79 Å². The highest BCUT2D eigenvalue weighted by molar-refractivity contribution is 5.80. The molecule has 7 nitrogen and oxygen atoms in total. The number of alkyl carbamates (subject to hydrolysis) is 1. The molecule has 21 heavy (non-hydrogen) atoms. The van der Waals surface area contributed by atoms with Crippen molar-refractivity contribution in [1.82, 2.24) is 5.32 Å². The molecule has 0 aromatic heterocycles. The molecule has 0 aliphatic carbocycles. The van der Waals surface area contributed by atoms with Gasteiger partial charge in [0.05, 0.1) is 7.11 Å². The molecular formula is C14H17NO6. The van der Waals surface area contributed by atoms with Crippen LogP contribution in [0.15, 0.2) is 30.9 Å². The van der Waals surface area contributed by atoms with Crippen LogP contribution in [-0.2, 0) is 16.0 Å². The molecule has 114 valence electrons. The fourth-order valence-electron chi connectivity index (χ4n) is 1.60. The van der Waals surface area contributed by atoms with E-state index in [1.54, 1.807) is 6.07 Å². The van der Waals surface area contributed by atoms with Gasteiger partial charge in [0.1, 0.15) is 12.6 Å². The summed E-state index contributed by atoms with van der Waals surface area (Å²) in [6, 6.07) is 3.28. The lowest BCUT2D eigenvalue weighted by atomic mass is 10.1. The first-order chi connectivity index (χ1) is 9.97. The SMILES string of the molecule is C=CCOC(=O)NC(Cc1ccc(O)c(OC)c1)C(=O)O. The van der Waals surface area contributed by atoms with E-state index in [9.17, 15) is 14.7 Å². The minimum absolute atomic E-state index is 0.00873. The molecule has 0 aliphatic rings. The number of aromatic hydroxyl groups is 1. The predicted octanol–water partition coefficient (Wildman–Crippen LogP) is 1.31. The molecule has 1 amide bonds. The van der Waals surface area contributed by atoms with Crippen LogP contribution in [0.2, 0.25) is 0 Å². The van der Waals surface area contributed by atoms with Gasteiger partial charge >= 0.3 is 12.1 Å². The van der Waals surface area contributed by atoms with Gasteiger partial charge in [0, 0.05) is 6.42 Å². The summed E-state index contributed by atoms with van der Waals surface area (Å²) in [6.07, 6.45) is 0.558. The average molecular weight is 295 g/mol. The molecule has 0 aliphatic heterocycles. The Hall–Kier alpha value is -2.70. The van der Waals surface area contributed by atoms with Gasteiger partial charge in [0.15, 0.2) is 11.5 Å². The van der Waals surface area contributed by atoms with Gasteiger partial charge in [-0.15, -0.1) is 0 Å². The van der Waals surface area contributed by atoms with E-state index in [1.807, 2.05) is 0 Å². The molecule has 0 radical (unpaired) electrons. The van der Waals surface area contributed by atoms with E-state index in [0.29, 0.717) is 5.56 Å². The quantitative estimate of drug-likeness (QED) is 0.655. The number of aliphatic carboxylic acids is 1. The maximum Gasteiger partial charge on any atom is 0.408 e. The fourth-order valence-corrected chi connectivity index (χ4v) is 1.60. The third kappa shape index (κ3) is 5.06. The third-order valence-corrected chi connectivity index (χ3v) is 2.61. The fraction of sp³-hybridized carbons (Fsp3) is 0.286. The summed E-state index contributed by atoms with van der Waals surface area (Å²) in [7, 11) is 1.39. The number of amides is 1. The Balaban J connectivity index is 2.76. The lowest BCUT2D eigenvalue weighted by Gasteiger charge is -2.15. The molecule has 1 unspecified atom stereocenters. The number of methoxy groups -OCH3 is 1. The number of carboxylic acids is 1. The van der Waals surface area contributed by atoms with Crippen LogP contribution in [0.3, 0.4) is 0 Å². The van der Waals surface area contributed by atoms with E-state index < -0.39 is 18.1 Å². The van der Waals surface area contributed by atoms with Gasteiger partial charge in [-0.25, -0.2) is 9.59 Å². The molecule has 7 heteroatoms. The van der Waals surface area contributed by atoms with Crippen LogP contribution in [0, 0.1) is 0 Å². The zero-order chi connectivity index (χ0) is 15.8. The van der Waals surface area contributed by atoms with E-state index in [2.05, 4.69) is 16.6 Å². The van der Waals surface area contributed by atoms with Crippen LogP contribution in [0.25, 0.3) is 0 Å². The molecule has 1 aromatic carbocycles. The average Bonchev–Trinajstić information content (AvgIpc) is 2.46. The molecule has 0 spiro atoms. The summed E-state index contributed by atoms with van der Waals surface area (Å²) in [6.45, 7) is 3.37. The summed E-state index contributed by atoms with van der Waals surface area (Å²) in [5.41, 5.74) is 0.584. The molecule has 0 bridgehead atoms. The van der Waals surface area contributed by atoms with Crippen molar-refractivity contribution < 1.29 is 29.3 Å². The second kappa shape index (κ2) is 7.78. The van der Waals surface area contributed by atoms with Crippen LogP contribution in [-0.4, -0.2) is 42.0 Å². The van der Waals surface area contributed by atoms with Gasteiger partial charge in [-0.1, -0.05) is 18.7 Å². The Morgan fingerprint density at radius 2 is 2.19 bits per heavy atom. The predicted molar refractivity (Wildman–Crippen MR) is 74.5 cm³/mol.